The molecular weight excluding hydrogens is 359 g/mol. The minimum atomic E-state index is -0.643. The van der Waals surface area contributed by atoms with Crippen LogP contribution in [0, 0.1) is 9.39 Å². The third-order valence-corrected chi connectivity index (χ3v) is 4.55. The molecule has 6 heteroatoms. The minimum Gasteiger partial charge on any atom is -0.402 e. The van der Waals surface area contributed by atoms with Gasteiger partial charge in [0.2, 0.25) is 0 Å². The monoisotopic (exact) mass is 377 g/mol. The highest BCUT2D eigenvalue weighted by Gasteiger charge is 2.53. The zero-order valence-electron chi connectivity index (χ0n) is 11.5. The van der Waals surface area contributed by atoms with Crippen LogP contribution >= 0.6 is 22.6 Å². The minimum absolute atomic E-state index is 0.331. The number of halogens is 2. The molecule has 2 N–H and O–H groups in total. The van der Waals surface area contributed by atoms with Crippen LogP contribution in [0.15, 0.2) is 18.2 Å². The fourth-order valence-electron chi connectivity index (χ4n) is 1.95. The molecule has 3 nitrogen and oxygen atoms in total. The highest BCUT2D eigenvalue weighted by atomic mass is 127. The number of nitrogens with two attached hydrogens (primary N) is 1. The van der Waals surface area contributed by atoms with Gasteiger partial charge < -0.3 is 15.0 Å². The van der Waals surface area contributed by atoms with E-state index in [9.17, 15) is 4.39 Å². The Labute approximate surface area is 127 Å². The fourth-order valence-corrected chi connectivity index (χ4v) is 2.47. The molecular formula is C13H18BFINO2. The highest BCUT2D eigenvalue weighted by Crippen LogP contribution is 2.39. The molecule has 0 amide bonds. The molecule has 1 aliphatic rings. The quantitative estimate of drug-likeness (QED) is 0.637. The van der Waals surface area contributed by atoms with Crippen LogP contribution in [0.5, 0.6) is 0 Å². The van der Waals surface area contributed by atoms with Crippen molar-refractivity contribution in [2.24, 2.45) is 5.73 Å². The number of hydrogen-bond donors (Lipinski definition) is 1. The lowest BCUT2D eigenvalue weighted by Gasteiger charge is -2.32. The van der Waals surface area contributed by atoms with E-state index >= 15 is 0 Å². The Balaban J connectivity index is 2.27. The normalized spacial score (nSPS) is 22.6. The summed E-state index contributed by atoms with van der Waals surface area (Å²) >= 11 is 2.13. The van der Waals surface area contributed by atoms with Gasteiger partial charge in [0.15, 0.2) is 0 Å². The molecule has 1 heterocycles. The molecule has 2 rings (SSSR count). The van der Waals surface area contributed by atoms with Crippen molar-refractivity contribution < 1.29 is 13.7 Å². The Morgan fingerprint density at radius 1 is 1.21 bits per heavy atom. The SMILES string of the molecule is CC1(C)OB([C@@H](N)c2cc(I)ccc2F)OC1(C)C. The first kappa shape index (κ1) is 15.2. The van der Waals surface area contributed by atoms with E-state index in [1.54, 1.807) is 12.1 Å². The number of rotatable bonds is 2. The van der Waals surface area contributed by atoms with Gasteiger partial charge in [-0.1, -0.05) is 0 Å². The summed E-state index contributed by atoms with van der Waals surface area (Å²) < 4.78 is 26.5. The molecule has 1 aromatic carbocycles. The Bertz CT molecular complexity index is 480. The van der Waals surface area contributed by atoms with Crippen molar-refractivity contribution in [1.82, 2.24) is 0 Å². The lowest BCUT2D eigenvalue weighted by molar-refractivity contribution is 0.00578. The number of benzene rings is 1. The third kappa shape index (κ3) is 2.81. The summed E-state index contributed by atoms with van der Waals surface area (Å²) in [6.07, 6.45) is 0. The predicted octanol–water partition coefficient (Wildman–Crippen LogP) is 3.06. The molecule has 1 saturated heterocycles. The van der Waals surface area contributed by atoms with Crippen LogP contribution in [0.2, 0.25) is 0 Å². The summed E-state index contributed by atoms with van der Waals surface area (Å²) in [6.45, 7) is 7.80. The topological polar surface area (TPSA) is 44.5 Å². The van der Waals surface area contributed by atoms with Crippen LogP contribution in [-0.4, -0.2) is 18.3 Å². The summed E-state index contributed by atoms with van der Waals surface area (Å²) in [5, 5.41) is 0. The fraction of sp³-hybridized carbons (Fsp3) is 0.538. The van der Waals surface area contributed by atoms with Crippen molar-refractivity contribution in [2.45, 2.75) is 44.8 Å². The molecule has 0 aromatic heterocycles. The van der Waals surface area contributed by atoms with Crippen LogP contribution in [0.25, 0.3) is 0 Å². The molecule has 0 aliphatic carbocycles. The van der Waals surface area contributed by atoms with E-state index in [4.69, 9.17) is 15.0 Å². The van der Waals surface area contributed by atoms with Gasteiger partial charge >= 0.3 is 7.12 Å². The first-order chi connectivity index (χ1) is 8.64. The summed E-state index contributed by atoms with van der Waals surface area (Å²) in [7, 11) is -0.641. The summed E-state index contributed by atoms with van der Waals surface area (Å²) in [5.41, 5.74) is 5.61. The van der Waals surface area contributed by atoms with Crippen molar-refractivity contribution in [1.29, 1.82) is 0 Å². The first-order valence-corrected chi connectivity index (χ1v) is 7.28. The van der Waals surface area contributed by atoms with E-state index in [0.29, 0.717) is 5.56 Å². The standard InChI is InChI=1S/C13H18BFINO2/c1-12(2)13(3,4)19-14(18-12)11(17)9-7-8(16)5-6-10(9)15/h5-7,11H,17H2,1-4H3/t11-/m0/s1. The van der Waals surface area contributed by atoms with Crippen LogP contribution in [0.1, 0.15) is 39.2 Å². The van der Waals surface area contributed by atoms with Crippen LogP contribution < -0.4 is 5.73 Å². The maximum absolute atomic E-state index is 13.9. The molecule has 0 radical (unpaired) electrons. The molecule has 0 saturated carbocycles. The largest absolute Gasteiger partial charge is 0.480 e. The molecule has 1 aliphatic heterocycles. The zero-order chi connectivity index (χ0) is 14.4. The van der Waals surface area contributed by atoms with Gasteiger partial charge in [0, 0.05) is 9.13 Å². The van der Waals surface area contributed by atoms with Gasteiger partial charge in [-0.05, 0) is 68.5 Å². The Hall–Kier alpha value is -0.175. The predicted molar refractivity (Wildman–Crippen MR) is 82.1 cm³/mol. The Morgan fingerprint density at radius 3 is 2.26 bits per heavy atom. The molecule has 1 aromatic rings. The van der Waals surface area contributed by atoms with Gasteiger partial charge in [0.25, 0.3) is 0 Å². The van der Waals surface area contributed by atoms with E-state index in [0.717, 1.165) is 3.57 Å². The van der Waals surface area contributed by atoms with Crippen LogP contribution in [0.3, 0.4) is 0 Å². The Morgan fingerprint density at radius 2 is 1.74 bits per heavy atom. The summed E-state index contributed by atoms with van der Waals surface area (Å²) in [6, 6.07) is 4.85. The van der Waals surface area contributed by atoms with E-state index in [1.165, 1.54) is 6.07 Å². The van der Waals surface area contributed by atoms with Crippen molar-refractivity contribution in [3.05, 3.63) is 33.1 Å². The average molecular weight is 377 g/mol. The maximum atomic E-state index is 13.9. The van der Waals surface area contributed by atoms with E-state index < -0.39 is 24.3 Å². The average Bonchev–Trinajstić information content (AvgIpc) is 2.51. The van der Waals surface area contributed by atoms with Gasteiger partial charge in [0.05, 0.1) is 17.1 Å². The lowest BCUT2D eigenvalue weighted by Crippen LogP contribution is -2.41. The van der Waals surface area contributed by atoms with E-state index in [1.807, 2.05) is 27.7 Å². The van der Waals surface area contributed by atoms with Crippen molar-refractivity contribution in [2.75, 3.05) is 0 Å². The van der Waals surface area contributed by atoms with Crippen molar-refractivity contribution >= 4 is 29.7 Å². The zero-order valence-corrected chi connectivity index (χ0v) is 13.7. The number of hydrogen-bond acceptors (Lipinski definition) is 3. The third-order valence-electron chi connectivity index (χ3n) is 3.88. The molecule has 1 atom stereocenters. The van der Waals surface area contributed by atoms with Gasteiger partial charge in [-0.25, -0.2) is 4.39 Å². The summed E-state index contributed by atoms with van der Waals surface area (Å²) in [5.74, 6) is -0.974. The van der Waals surface area contributed by atoms with Crippen LogP contribution in [-0.2, 0) is 9.31 Å². The Kier molecular flexibility index (Phi) is 3.99. The van der Waals surface area contributed by atoms with E-state index in [-0.39, 0.29) is 5.82 Å². The molecule has 19 heavy (non-hydrogen) atoms. The van der Waals surface area contributed by atoms with Gasteiger partial charge in [-0.2, -0.15) is 0 Å². The van der Waals surface area contributed by atoms with Gasteiger partial charge in [-0.15, -0.1) is 0 Å². The maximum Gasteiger partial charge on any atom is 0.480 e. The molecule has 0 bridgehead atoms. The van der Waals surface area contributed by atoms with Crippen molar-refractivity contribution in [3.63, 3.8) is 0 Å². The summed E-state index contributed by atoms with van der Waals surface area (Å²) in [4.78, 5) is 0. The smallest absolute Gasteiger partial charge is 0.402 e. The van der Waals surface area contributed by atoms with Gasteiger partial charge in [-0.3, -0.25) is 0 Å². The second-order valence-corrected chi connectivity index (χ2v) is 7.06. The lowest BCUT2D eigenvalue weighted by atomic mass is 9.75. The van der Waals surface area contributed by atoms with Crippen molar-refractivity contribution in [3.8, 4) is 0 Å². The molecule has 0 spiro atoms. The van der Waals surface area contributed by atoms with E-state index in [2.05, 4.69) is 22.6 Å². The van der Waals surface area contributed by atoms with Gasteiger partial charge in [0.1, 0.15) is 5.82 Å². The molecule has 1 fully saturated rings. The first-order valence-electron chi connectivity index (χ1n) is 6.20. The highest BCUT2D eigenvalue weighted by molar-refractivity contribution is 14.1. The molecule has 104 valence electrons. The second-order valence-electron chi connectivity index (χ2n) is 5.82. The van der Waals surface area contributed by atoms with Crippen LogP contribution in [0.4, 0.5) is 4.39 Å². The second kappa shape index (κ2) is 4.98. The molecule has 0 unspecified atom stereocenters.